The first-order chi connectivity index (χ1) is 0. The van der Waals surface area contributed by atoms with E-state index in [2.05, 4.69) is 0 Å². The summed E-state index contributed by atoms with van der Waals surface area (Å²) >= 11 is 0. The second-order valence-corrected chi connectivity index (χ2v) is 0. The molecule has 0 atom stereocenters. The van der Waals surface area contributed by atoms with Gasteiger partial charge in [0.05, 0.1) is 0 Å². The van der Waals surface area contributed by atoms with E-state index in [1.807, 2.05) is 0 Å². The van der Waals surface area contributed by atoms with Crippen molar-refractivity contribution in [2.45, 2.75) is 7.43 Å². The maximum atomic E-state index is 0. The minimum Gasteiger partial charge on any atom is -1.00 e. The fraction of sp³-hybridized carbons (Fsp3) is 1.00. The Hall–Kier alpha value is 1.45. The fourth-order valence-corrected chi connectivity index (χ4v) is 0. The SMILES string of the molecule is C.[Cl-].[Cl-].[Hf]. The third-order valence-corrected chi connectivity index (χ3v) is 0. The van der Waals surface area contributed by atoms with Crippen LogP contribution >= 0.6 is 0 Å². The van der Waals surface area contributed by atoms with Gasteiger partial charge >= 0.3 is 0 Å². The van der Waals surface area contributed by atoms with Gasteiger partial charge in [0.2, 0.25) is 0 Å². The van der Waals surface area contributed by atoms with Gasteiger partial charge in [-0.15, -0.1) is 0 Å². The van der Waals surface area contributed by atoms with Gasteiger partial charge in [-0.1, -0.05) is 7.43 Å². The molecule has 0 fully saturated rings. The summed E-state index contributed by atoms with van der Waals surface area (Å²) in [4.78, 5) is 0. The van der Waals surface area contributed by atoms with Gasteiger partial charge in [-0.2, -0.15) is 0 Å². The Morgan fingerprint density at radius 2 is 0.750 bits per heavy atom. The van der Waals surface area contributed by atoms with Gasteiger partial charge in [0.1, 0.15) is 0 Å². The first-order valence-electron chi connectivity index (χ1n) is 0. The molecule has 0 radical (unpaired) electrons. The third-order valence-electron chi connectivity index (χ3n) is 0. The normalized spacial score (nSPS) is 0. The molecule has 0 aliphatic rings. The molecule has 0 aromatic rings. The Labute approximate surface area is 58.0 Å². The summed E-state index contributed by atoms with van der Waals surface area (Å²) in [6.45, 7) is 0. The van der Waals surface area contributed by atoms with Gasteiger partial charge in [-0.25, -0.2) is 0 Å². The molecule has 0 saturated heterocycles. The summed E-state index contributed by atoms with van der Waals surface area (Å²) in [5.41, 5.74) is 0. The Morgan fingerprint density at radius 3 is 0.750 bits per heavy atom. The van der Waals surface area contributed by atoms with Crippen LogP contribution in [0, 0.1) is 0 Å². The van der Waals surface area contributed by atoms with Crippen LogP contribution in [0.3, 0.4) is 0 Å². The maximum absolute atomic E-state index is 0. The number of hydrogen-bond donors (Lipinski definition) is 0. The van der Waals surface area contributed by atoms with Crippen LogP contribution in [-0.4, -0.2) is 0 Å². The summed E-state index contributed by atoms with van der Waals surface area (Å²) < 4.78 is 0. The van der Waals surface area contributed by atoms with E-state index in [0.717, 1.165) is 0 Å². The standard InChI is InChI=1S/CH4.2ClH.Hf/h1H4;2*1H;/p-2. The molecule has 3 heteroatoms. The molecule has 0 heterocycles. The Bertz CT molecular complexity index is 6.00. The van der Waals surface area contributed by atoms with E-state index < -0.39 is 0 Å². The van der Waals surface area contributed by atoms with Crippen LogP contribution in [0.2, 0.25) is 0 Å². The zero-order chi connectivity index (χ0) is 0. The van der Waals surface area contributed by atoms with Gasteiger partial charge in [0.15, 0.2) is 0 Å². The minimum absolute atomic E-state index is 0. The molecule has 4 heavy (non-hydrogen) atoms. The number of halogens is 2. The predicted molar refractivity (Wildman–Crippen MR) is 6.73 cm³/mol. The van der Waals surface area contributed by atoms with Crippen LogP contribution in [0.15, 0.2) is 0 Å². The summed E-state index contributed by atoms with van der Waals surface area (Å²) in [6, 6.07) is 0. The molecule has 0 aromatic heterocycles. The summed E-state index contributed by atoms with van der Waals surface area (Å²) in [5.74, 6) is 0. The average molecular weight is 265 g/mol. The quantitative estimate of drug-likeness (QED) is 0.384. The van der Waals surface area contributed by atoms with Crippen LogP contribution in [0.4, 0.5) is 0 Å². The molecule has 28 valence electrons. The van der Waals surface area contributed by atoms with E-state index in [1.54, 1.807) is 0 Å². The van der Waals surface area contributed by atoms with Gasteiger partial charge in [0, 0.05) is 25.8 Å². The van der Waals surface area contributed by atoms with Crippen molar-refractivity contribution < 1.29 is 50.7 Å². The largest absolute Gasteiger partial charge is 1.00 e. The number of hydrogen-bond acceptors (Lipinski definition) is 0. The summed E-state index contributed by atoms with van der Waals surface area (Å²) in [7, 11) is 0. The van der Waals surface area contributed by atoms with Crippen molar-refractivity contribution in [1.29, 1.82) is 0 Å². The molecule has 0 nitrogen and oxygen atoms in total. The van der Waals surface area contributed by atoms with E-state index in [-0.39, 0.29) is 58.1 Å². The number of rotatable bonds is 0. The van der Waals surface area contributed by atoms with Gasteiger partial charge < -0.3 is 24.8 Å². The van der Waals surface area contributed by atoms with Crippen LogP contribution in [0.25, 0.3) is 0 Å². The van der Waals surface area contributed by atoms with E-state index >= 15 is 0 Å². The molecule has 0 unspecified atom stereocenters. The molecule has 0 rings (SSSR count). The van der Waals surface area contributed by atoms with E-state index in [1.165, 1.54) is 0 Å². The monoisotopic (exact) mass is 266 g/mol. The van der Waals surface area contributed by atoms with Crippen LogP contribution in [0.1, 0.15) is 7.43 Å². The Kier molecular flexibility index (Phi) is 323. The van der Waals surface area contributed by atoms with E-state index in [9.17, 15) is 0 Å². The first-order valence-corrected chi connectivity index (χ1v) is 0. The molecule has 0 aliphatic heterocycles. The minimum atomic E-state index is 0. The van der Waals surface area contributed by atoms with Crippen molar-refractivity contribution in [2.24, 2.45) is 0 Å². The second-order valence-electron chi connectivity index (χ2n) is 0. The third kappa shape index (κ3) is 9.85. The molecule has 0 spiro atoms. The molecule has 0 bridgehead atoms. The zero-order valence-corrected chi connectivity index (χ0v) is 6.36. The topological polar surface area (TPSA) is 0 Å². The first kappa shape index (κ1) is 51.3. The van der Waals surface area contributed by atoms with Crippen molar-refractivity contribution in [3.05, 3.63) is 0 Å². The summed E-state index contributed by atoms with van der Waals surface area (Å²) in [5, 5.41) is 0. The smallest absolute Gasteiger partial charge is 0 e. The molecule has 0 N–H and O–H groups in total. The molecule has 0 amide bonds. The Morgan fingerprint density at radius 1 is 0.750 bits per heavy atom. The predicted octanol–water partition coefficient (Wildman–Crippen LogP) is -5.36. The molecular formula is CH4Cl2Hf-2. The average Bonchev–Trinajstić information content (AvgIpc) is 0. The maximum Gasteiger partial charge on any atom is 0 e. The van der Waals surface area contributed by atoms with E-state index in [0.29, 0.717) is 0 Å². The van der Waals surface area contributed by atoms with Crippen molar-refractivity contribution >= 4 is 0 Å². The summed E-state index contributed by atoms with van der Waals surface area (Å²) in [6.07, 6.45) is 0. The van der Waals surface area contributed by atoms with Gasteiger partial charge in [-0.05, 0) is 0 Å². The molecule has 0 aromatic carbocycles. The van der Waals surface area contributed by atoms with Crippen molar-refractivity contribution in [3.63, 3.8) is 0 Å². The van der Waals surface area contributed by atoms with Crippen LogP contribution in [-0.2, 0) is 25.8 Å². The van der Waals surface area contributed by atoms with Crippen molar-refractivity contribution in [3.8, 4) is 0 Å². The Balaban J connectivity index is 0. The van der Waals surface area contributed by atoms with Crippen LogP contribution in [0.5, 0.6) is 0 Å². The molecule has 0 aliphatic carbocycles. The zero-order valence-electron chi connectivity index (χ0n) is 1.26. The van der Waals surface area contributed by atoms with Crippen molar-refractivity contribution in [2.75, 3.05) is 0 Å². The van der Waals surface area contributed by atoms with Gasteiger partial charge in [-0.3, -0.25) is 0 Å². The van der Waals surface area contributed by atoms with E-state index in [4.69, 9.17) is 0 Å². The van der Waals surface area contributed by atoms with Gasteiger partial charge in [0.25, 0.3) is 0 Å². The molecule has 0 saturated carbocycles. The van der Waals surface area contributed by atoms with Crippen LogP contribution < -0.4 is 24.8 Å². The van der Waals surface area contributed by atoms with Crippen molar-refractivity contribution in [1.82, 2.24) is 0 Å². The fourth-order valence-electron chi connectivity index (χ4n) is 0. The second kappa shape index (κ2) is 25.2. The molecular weight excluding hydrogens is 261 g/mol.